The zero-order valence-electron chi connectivity index (χ0n) is 15.9. The van der Waals surface area contributed by atoms with Crippen LogP contribution in [0.1, 0.15) is 64.8 Å². The highest BCUT2D eigenvalue weighted by Crippen LogP contribution is 2.28. The molecule has 6 nitrogen and oxygen atoms in total. The molecule has 27 heavy (non-hydrogen) atoms. The number of piperazine rings is 1. The molecule has 0 unspecified atom stereocenters. The molecule has 3 rings (SSSR count). The molecule has 1 saturated heterocycles. The Hall–Kier alpha value is -2.37. The number of rotatable bonds is 5. The number of hydrogen-bond acceptors (Lipinski definition) is 3. The van der Waals surface area contributed by atoms with Crippen LogP contribution in [-0.4, -0.2) is 58.9 Å². The van der Waals surface area contributed by atoms with Crippen LogP contribution in [0.25, 0.3) is 0 Å². The quantitative estimate of drug-likeness (QED) is 0.862. The average molecular weight is 372 g/mol. The van der Waals surface area contributed by atoms with Gasteiger partial charge in [-0.15, -0.1) is 0 Å². The number of amides is 2. The van der Waals surface area contributed by atoms with E-state index < -0.39 is 5.97 Å². The molecule has 1 aromatic rings. The topological polar surface area (TPSA) is 77.9 Å². The molecule has 0 radical (unpaired) electrons. The Morgan fingerprint density at radius 1 is 0.963 bits per heavy atom. The molecule has 1 aliphatic carbocycles. The van der Waals surface area contributed by atoms with E-state index in [4.69, 9.17) is 0 Å². The Morgan fingerprint density at radius 2 is 1.56 bits per heavy atom. The third-order valence-corrected chi connectivity index (χ3v) is 5.73. The van der Waals surface area contributed by atoms with Gasteiger partial charge in [0.05, 0.1) is 5.56 Å². The second-order valence-corrected chi connectivity index (χ2v) is 7.76. The number of carboxylic acid groups (broad SMARTS) is 1. The molecule has 1 saturated carbocycles. The lowest BCUT2D eigenvalue weighted by Crippen LogP contribution is -2.50. The van der Waals surface area contributed by atoms with Crippen LogP contribution in [0.4, 0.5) is 0 Å². The van der Waals surface area contributed by atoms with Crippen molar-refractivity contribution >= 4 is 17.8 Å². The summed E-state index contributed by atoms with van der Waals surface area (Å²) in [5.74, 6) is -0.302. The van der Waals surface area contributed by atoms with Gasteiger partial charge in [-0.1, -0.05) is 25.7 Å². The molecule has 1 aromatic carbocycles. The standard InChI is InChI=1S/C21H28N2O4/c1-15-12-17(14-18(13-15)21(26)27)20(25)23-10-8-22(9-11-23)19(24)7-6-16-4-2-3-5-16/h12-14,16H,2-11H2,1H3,(H,26,27). The van der Waals surface area contributed by atoms with Crippen LogP contribution in [-0.2, 0) is 4.79 Å². The largest absolute Gasteiger partial charge is 0.478 e. The summed E-state index contributed by atoms with van der Waals surface area (Å²) in [6.07, 6.45) is 6.69. The summed E-state index contributed by atoms with van der Waals surface area (Å²) in [6, 6.07) is 4.70. The first-order chi connectivity index (χ1) is 12.9. The Morgan fingerprint density at radius 3 is 2.19 bits per heavy atom. The monoisotopic (exact) mass is 372 g/mol. The summed E-state index contributed by atoms with van der Waals surface area (Å²) in [4.78, 5) is 39.9. The minimum absolute atomic E-state index is 0.124. The van der Waals surface area contributed by atoms with E-state index in [0.717, 1.165) is 12.0 Å². The van der Waals surface area contributed by atoms with Gasteiger partial charge in [-0.05, 0) is 43.0 Å². The molecule has 2 aliphatic rings. The van der Waals surface area contributed by atoms with Crippen LogP contribution in [0, 0.1) is 12.8 Å². The number of carboxylic acids is 1. The lowest BCUT2D eigenvalue weighted by molar-refractivity contribution is -0.133. The molecule has 0 aromatic heterocycles. The number of carbonyl (C=O) groups excluding carboxylic acids is 2. The van der Waals surface area contributed by atoms with E-state index in [1.54, 1.807) is 24.0 Å². The summed E-state index contributed by atoms with van der Waals surface area (Å²) in [6.45, 7) is 3.86. The molecule has 146 valence electrons. The van der Waals surface area contributed by atoms with Gasteiger partial charge < -0.3 is 14.9 Å². The second-order valence-electron chi connectivity index (χ2n) is 7.76. The zero-order valence-corrected chi connectivity index (χ0v) is 15.9. The van der Waals surface area contributed by atoms with Crippen LogP contribution in [0.15, 0.2) is 18.2 Å². The lowest BCUT2D eigenvalue weighted by atomic mass is 10.0. The highest BCUT2D eigenvalue weighted by atomic mass is 16.4. The van der Waals surface area contributed by atoms with Gasteiger partial charge in [0.25, 0.3) is 5.91 Å². The molecule has 2 fully saturated rings. The SMILES string of the molecule is Cc1cc(C(=O)O)cc(C(=O)N2CCN(C(=O)CCC3CCCC3)CC2)c1. The van der Waals surface area contributed by atoms with Gasteiger partial charge >= 0.3 is 5.97 Å². The van der Waals surface area contributed by atoms with Crippen molar-refractivity contribution in [3.8, 4) is 0 Å². The number of aryl methyl sites for hydroxylation is 1. The number of benzene rings is 1. The zero-order chi connectivity index (χ0) is 19.4. The Kier molecular flexibility index (Phi) is 6.14. The molecule has 0 spiro atoms. The molecular formula is C21H28N2O4. The molecule has 1 N–H and O–H groups in total. The minimum Gasteiger partial charge on any atom is -0.478 e. The van der Waals surface area contributed by atoms with Gasteiger partial charge in [-0.2, -0.15) is 0 Å². The molecular weight excluding hydrogens is 344 g/mol. The van der Waals surface area contributed by atoms with Crippen LogP contribution in [0.3, 0.4) is 0 Å². The van der Waals surface area contributed by atoms with E-state index in [9.17, 15) is 19.5 Å². The van der Waals surface area contributed by atoms with E-state index in [1.165, 1.54) is 31.7 Å². The lowest BCUT2D eigenvalue weighted by Gasteiger charge is -2.35. The molecule has 1 heterocycles. The van der Waals surface area contributed by atoms with Crippen molar-refractivity contribution in [2.45, 2.75) is 45.4 Å². The van der Waals surface area contributed by atoms with Crippen molar-refractivity contribution < 1.29 is 19.5 Å². The number of aromatic carboxylic acids is 1. The van der Waals surface area contributed by atoms with E-state index >= 15 is 0 Å². The normalized spacial score (nSPS) is 18.0. The first-order valence-corrected chi connectivity index (χ1v) is 9.86. The molecule has 2 amide bonds. The molecule has 1 aliphatic heterocycles. The van der Waals surface area contributed by atoms with E-state index in [0.29, 0.717) is 44.1 Å². The maximum absolute atomic E-state index is 12.7. The fraction of sp³-hybridized carbons (Fsp3) is 0.571. The van der Waals surface area contributed by atoms with Crippen LogP contribution >= 0.6 is 0 Å². The fourth-order valence-corrected chi connectivity index (χ4v) is 4.16. The maximum atomic E-state index is 12.7. The molecule has 0 atom stereocenters. The first-order valence-electron chi connectivity index (χ1n) is 9.86. The predicted octanol–water partition coefficient (Wildman–Crippen LogP) is 2.95. The average Bonchev–Trinajstić information content (AvgIpc) is 3.18. The fourth-order valence-electron chi connectivity index (χ4n) is 4.16. The van der Waals surface area contributed by atoms with Crippen molar-refractivity contribution in [3.05, 3.63) is 34.9 Å². The van der Waals surface area contributed by atoms with Crippen molar-refractivity contribution in [1.82, 2.24) is 9.80 Å². The van der Waals surface area contributed by atoms with Crippen LogP contribution in [0.2, 0.25) is 0 Å². The first kappa shape index (κ1) is 19.4. The Balaban J connectivity index is 1.53. The highest BCUT2D eigenvalue weighted by Gasteiger charge is 2.26. The third-order valence-electron chi connectivity index (χ3n) is 5.73. The van der Waals surface area contributed by atoms with Crippen molar-refractivity contribution in [2.24, 2.45) is 5.92 Å². The predicted molar refractivity (Wildman–Crippen MR) is 102 cm³/mol. The van der Waals surface area contributed by atoms with Crippen molar-refractivity contribution in [3.63, 3.8) is 0 Å². The third kappa shape index (κ3) is 4.87. The van der Waals surface area contributed by atoms with Crippen LogP contribution < -0.4 is 0 Å². The second kappa shape index (κ2) is 8.55. The van der Waals surface area contributed by atoms with Crippen molar-refractivity contribution in [2.75, 3.05) is 26.2 Å². The molecule has 0 bridgehead atoms. The summed E-state index contributed by atoms with van der Waals surface area (Å²) in [5.41, 5.74) is 1.27. The number of nitrogens with zero attached hydrogens (tertiary/aromatic N) is 2. The van der Waals surface area contributed by atoms with Gasteiger partial charge in [-0.25, -0.2) is 4.79 Å². The smallest absolute Gasteiger partial charge is 0.335 e. The Labute approximate surface area is 160 Å². The van der Waals surface area contributed by atoms with Gasteiger partial charge in [0.2, 0.25) is 5.91 Å². The van der Waals surface area contributed by atoms with Crippen molar-refractivity contribution in [1.29, 1.82) is 0 Å². The summed E-state index contributed by atoms with van der Waals surface area (Å²) in [5, 5.41) is 9.18. The van der Waals surface area contributed by atoms with Gasteiger partial charge in [0, 0.05) is 38.2 Å². The number of hydrogen-bond donors (Lipinski definition) is 1. The van der Waals surface area contributed by atoms with E-state index in [2.05, 4.69) is 0 Å². The van der Waals surface area contributed by atoms with E-state index in [1.807, 2.05) is 4.90 Å². The van der Waals surface area contributed by atoms with Gasteiger partial charge in [0.15, 0.2) is 0 Å². The summed E-state index contributed by atoms with van der Waals surface area (Å²) in [7, 11) is 0. The summed E-state index contributed by atoms with van der Waals surface area (Å²) < 4.78 is 0. The highest BCUT2D eigenvalue weighted by molar-refractivity contribution is 5.98. The van der Waals surface area contributed by atoms with Gasteiger partial charge in [-0.3, -0.25) is 9.59 Å². The number of carbonyl (C=O) groups is 3. The van der Waals surface area contributed by atoms with E-state index in [-0.39, 0.29) is 17.4 Å². The minimum atomic E-state index is -1.04. The summed E-state index contributed by atoms with van der Waals surface area (Å²) >= 11 is 0. The Bertz CT molecular complexity index is 717. The maximum Gasteiger partial charge on any atom is 0.335 e. The van der Waals surface area contributed by atoms with Crippen LogP contribution in [0.5, 0.6) is 0 Å². The molecule has 6 heteroatoms. The van der Waals surface area contributed by atoms with Gasteiger partial charge in [0.1, 0.15) is 0 Å².